The van der Waals surface area contributed by atoms with Gasteiger partial charge in [-0.15, -0.1) is 0 Å². The topological polar surface area (TPSA) is 35.6 Å². The van der Waals surface area contributed by atoms with Crippen LogP contribution in [0.2, 0.25) is 0 Å². The molecule has 290 valence electrons. The van der Waals surface area contributed by atoms with Crippen LogP contribution in [-0.4, -0.2) is 19.1 Å². The van der Waals surface area contributed by atoms with Gasteiger partial charge in [-0.1, -0.05) is 170 Å². The van der Waals surface area contributed by atoms with Gasteiger partial charge < -0.3 is 9.13 Å². The van der Waals surface area contributed by atoms with Crippen LogP contribution in [0, 0.1) is 0 Å². The zero-order chi connectivity index (χ0) is 41.0. The van der Waals surface area contributed by atoms with E-state index in [4.69, 9.17) is 9.97 Å². The number of aromatic nitrogens is 4. The first-order valence-electron chi connectivity index (χ1n) is 21.1. The molecule has 62 heavy (non-hydrogen) atoms. The molecule has 4 heteroatoms. The predicted octanol–water partition coefficient (Wildman–Crippen LogP) is 15.0. The summed E-state index contributed by atoms with van der Waals surface area (Å²) in [5.41, 5.74) is 16.5. The Hall–Kier alpha value is -8.34. The van der Waals surface area contributed by atoms with E-state index in [1.807, 2.05) is 24.3 Å². The highest BCUT2D eigenvalue weighted by molar-refractivity contribution is 6.16. The second-order valence-electron chi connectivity index (χ2n) is 15.8. The lowest BCUT2D eigenvalue weighted by molar-refractivity contribution is 1.18. The Bertz CT molecular complexity index is 3560. The molecule has 0 aliphatic carbocycles. The van der Waals surface area contributed by atoms with Gasteiger partial charge in [0.1, 0.15) is 0 Å². The van der Waals surface area contributed by atoms with E-state index in [0.29, 0.717) is 5.82 Å². The fourth-order valence-corrected chi connectivity index (χ4v) is 9.28. The largest absolute Gasteiger partial charge is 0.309 e. The highest BCUT2D eigenvalue weighted by Gasteiger charge is 2.19. The summed E-state index contributed by atoms with van der Waals surface area (Å²) in [5.74, 6) is 0.707. The van der Waals surface area contributed by atoms with Crippen LogP contribution in [0.1, 0.15) is 0 Å². The van der Waals surface area contributed by atoms with Crippen LogP contribution in [-0.2, 0) is 0 Å². The van der Waals surface area contributed by atoms with Crippen LogP contribution >= 0.6 is 0 Å². The van der Waals surface area contributed by atoms with E-state index in [2.05, 4.69) is 215 Å². The zero-order valence-electron chi connectivity index (χ0n) is 33.7. The fraction of sp³-hybridized carbons (Fsp3) is 0. The summed E-state index contributed by atoms with van der Waals surface area (Å²) >= 11 is 0. The summed E-state index contributed by atoms with van der Waals surface area (Å²) in [6.45, 7) is 0. The number of rotatable bonds is 7. The summed E-state index contributed by atoms with van der Waals surface area (Å²) in [6, 6.07) is 82.2. The van der Waals surface area contributed by atoms with Gasteiger partial charge in [0.25, 0.3) is 0 Å². The molecule has 9 aromatic carbocycles. The van der Waals surface area contributed by atoms with Crippen molar-refractivity contribution >= 4 is 43.6 Å². The molecule has 0 atom stereocenters. The molecular weight excluding hydrogens is 753 g/mol. The minimum Gasteiger partial charge on any atom is -0.309 e. The Morgan fingerprint density at radius 2 is 0.790 bits per heavy atom. The lowest BCUT2D eigenvalue weighted by atomic mass is 9.98. The second kappa shape index (κ2) is 14.7. The minimum atomic E-state index is 0.707. The molecule has 0 saturated heterocycles. The summed E-state index contributed by atoms with van der Waals surface area (Å²) in [5, 5.41) is 4.94. The number of hydrogen-bond donors (Lipinski definition) is 0. The third kappa shape index (κ3) is 6.00. The predicted molar refractivity (Wildman–Crippen MR) is 258 cm³/mol. The highest BCUT2D eigenvalue weighted by atomic mass is 15.0. The summed E-state index contributed by atoms with van der Waals surface area (Å²) < 4.78 is 4.81. The van der Waals surface area contributed by atoms with E-state index in [1.54, 1.807) is 0 Å². The number of para-hydroxylation sites is 3. The molecule has 0 saturated carbocycles. The SMILES string of the molecule is c1ccc(-c2cc(-c3cccc(-c4ccc5c6ccccc6n(-c6cccc(-c7cccc8c7c7ccccc7n8-c7ccccc7)c6)c5c4)c3)nc(-c3ccccc3)n2)cc1. The van der Waals surface area contributed by atoms with Gasteiger partial charge in [0.15, 0.2) is 5.82 Å². The van der Waals surface area contributed by atoms with Crippen LogP contribution in [0.3, 0.4) is 0 Å². The van der Waals surface area contributed by atoms with Gasteiger partial charge in [0, 0.05) is 49.6 Å². The average molecular weight is 791 g/mol. The Kier molecular flexibility index (Phi) is 8.46. The molecule has 0 radical (unpaired) electrons. The maximum absolute atomic E-state index is 5.14. The van der Waals surface area contributed by atoms with Crippen molar-refractivity contribution in [2.75, 3.05) is 0 Å². The number of benzene rings is 9. The molecule has 0 N–H and O–H groups in total. The molecule has 0 bridgehead atoms. The maximum atomic E-state index is 5.14. The smallest absolute Gasteiger partial charge is 0.160 e. The fourth-order valence-electron chi connectivity index (χ4n) is 9.28. The van der Waals surface area contributed by atoms with E-state index in [-0.39, 0.29) is 0 Å². The van der Waals surface area contributed by atoms with Crippen molar-refractivity contribution in [3.8, 4) is 67.5 Å². The molecular formula is C58H38N4. The van der Waals surface area contributed by atoms with Crippen LogP contribution in [0.15, 0.2) is 231 Å². The lowest BCUT2D eigenvalue weighted by Gasteiger charge is -2.13. The number of nitrogens with zero attached hydrogens (tertiary/aromatic N) is 4. The monoisotopic (exact) mass is 790 g/mol. The van der Waals surface area contributed by atoms with Gasteiger partial charge in [0.05, 0.1) is 33.5 Å². The van der Waals surface area contributed by atoms with Crippen molar-refractivity contribution in [1.29, 1.82) is 0 Å². The number of fused-ring (bicyclic) bond motifs is 6. The van der Waals surface area contributed by atoms with Crippen LogP contribution in [0.4, 0.5) is 0 Å². The molecule has 0 spiro atoms. The van der Waals surface area contributed by atoms with Gasteiger partial charge in [-0.25, -0.2) is 9.97 Å². The van der Waals surface area contributed by atoms with E-state index in [1.165, 1.54) is 49.2 Å². The van der Waals surface area contributed by atoms with Crippen LogP contribution in [0.25, 0.3) is 111 Å². The van der Waals surface area contributed by atoms with Crippen LogP contribution < -0.4 is 0 Å². The maximum Gasteiger partial charge on any atom is 0.160 e. The van der Waals surface area contributed by atoms with Crippen molar-refractivity contribution in [3.05, 3.63) is 231 Å². The first-order valence-corrected chi connectivity index (χ1v) is 21.1. The van der Waals surface area contributed by atoms with Gasteiger partial charge >= 0.3 is 0 Å². The molecule has 0 aliphatic rings. The molecule has 3 heterocycles. The second-order valence-corrected chi connectivity index (χ2v) is 15.8. The molecule has 0 unspecified atom stereocenters. The Labute approximate surface area is 359 Å². The third-order valence-electron chi connectivity index (χ3n) is 12.1. The van der Waals surface area contributed by atoms with E-state index in [0.717, 1.165) is 56.1 Å². The molecule has 0 fully saturated rings. The Morgan fingerprint density at radius 1 is 0.274 bits per heavy atom. The summed E-state index contributed by atoms with van der Waals surface area (Å²) in [7, 11) is 0. The number of hydrogen-bond acceptors (Lipinski definition) is 2. The summed E-state index contributed by atoms with van der Waals surface area (Å²) in [4.78, 5) is 10.2. The summed E-state index contributed by atoms with van der Waals surface area (Å²) in [6.07, 6.45) is 0. The molecule has 12 aromatic rings. The molecule has 12 rings (SSSR count). The van der Waals surface area contributed by atoms with Crippen molar-refractivity contribution in [2.45, 2.75) is 0 Å². The molecule has 4 nitrogen and oxygen atoms in total. The van der Waals surface area contributed by atoms with Crippen molar-refractivity contribution in [2.24, 2.45) is 0 Å². The highest BCUT2D eigenvalue weighted by Crippen LogP contribution is 2.41. The Balaban J connectivity index is 0.998. The van der Waals surface area contributed by atoms with Gasteiger partial charge in [-0.2, -0.15) is 0 Å². The van der Waals surface area contributed by atoms with E-state index in [9.17, 15) is 0 Å². The van der Waals surface area contributed by atoms with Gasteiger partial charge in [-0.3, -0.25) is 0 Å². The van der Waals surface area contributed by atoms with Gasteiger partial charge in [-0.05, 0) is 82.9 Å². The quantitative estimate of drug-likeness (QED) is 0.161. The Morgan fingerprint density at radius 3 is 1.58 bits per heavy atom. The van der Waals surface area contributed by atoms with Gasteiger partial charge in [0.2, 0.25) is 0 Å². The average Bonchev–Trinajstić information content (AvgIpc) is 3.87. The van der Waals surface area contributed by atoms with Crippen molar-refractivity contribution in [3.63, 3.8) is 0 Å². The standard InChI is InChI=1S/C58H38N4/c1-4-17-39(18-5-1)51-38-52(60-58(59-51)40-19-6-2-7-20-40)44-23-14-21-41(35-44)42-33-34-49-48-27-10-12-30-53(48)62(56(49)37-42)46-26-15-22-43(36-46)47-29-16-32-55-57(47)50-28-11-13-31-54(50)61(55)45-24-8-3-9-25-45/h1-38H. The normalized spacial score (nSPS) is 11.5. The minimum absolute atomic E-state index is 0.707. The van der Waals surface area contributed by atoms with E-state index < -0.39 is 0 Å². The zero-order valence-corrected chi connectivity index (χ0v) is 33.7. The molecule has 0 aliphatic heterocycles. The van der Waals surface area contributed by atoms with E-state index >= 15 is 0 Å². The van der Waals surface area contributed by atoms with Crippen molar-refractivity contribution < 1.29 is 0 Å². The van der Waals surface area contributed by atoms with Crippen LogP contribution in [0.5, 0.6) is 0 Å². The first-order chi connectivity index (χ1) is 30.7. The first kappa shape index (κ1) is 35.6. The third-order valence-corrected chi connectivity index (χ3v) is 12.1. The molecule has 0 amide bonds. The van der Waals surface area contributed by atoms with Crippen molar-refractivity contribution in [1.82, 2.24) is 19.1 Å². The lowest BCUT2D eigenvalue weighted by Crippen LogP contribution is -1.96. The molecule has 3 aromatic heterocycles.